The molecule has 2 heterocycles. The second-order valence-electron chi connectivity index (χ2n) is 4.37. The molecule has 2 aromatic rings. The SMILES string of the molecule is O=C(Cn1ccn(C2CC2)c1=O)c1sccc1Br. The maximum atomic E-state index is 12.1. The molecule has 0 aliphatic heterocycles. The van der Waals surface area contributed by atoms with Crippen molar-refractivity contribution < 1.29 is 4.79 Å². The van der Waals surface area contributed by atoms with Crippen LogP contribution in [-0.2, 0) is 6.54 Å². The number of halogens is 1. The number of rotatable bonds is 4. The molecule has 0 radical (unpaired) electrons. The van der Waals surface area contributed by atoms with Crippen molar-refractivity contribution in [3.8, 4) is 0 Å². The lowest BCUT2D eigenvalue weighted by atomic mass is 10.3. The van der Waals surface area contributed by atoms with Gasteiger partial charge in [-0.15, -0.1) is 11.3 Å². The lowest BCUT2D eigenvalue weighted by Gasteiger charge is -2.00. The third kappa shape index (κ3) is 2.10. The molecule has 0 saturated heterocycles. The van der Waals surface area contributed by atoms with Crippen LogP contribution in [0.1, 0.15) is 28.6 Å². The van der Waals surface area contributed by atoms with Crippen LogP contribution in [0.25, 0.3) is 0 Å². The van der Waals surface area contributed by atoms with E-state index in [4.69, 9.17) is 0 Å². The van der Waals surface area contributed by atoms with Crippen LogP contribution in [-0.4, -0.2) is 14.9 Å². The van der Waals surface area contributed by atoms with Crippen LogP contribution in [0.3, 0.4) is 0 Å². The topological polar surface area (TPSA) is 44.0 Å². The minimum Gasteiger partial charge on any atom is -0.296 e. The lowest BCUT2D eigenvalue weighted by Crippen LogP contribution is -2.26. The predicted molar refractivity (Wildman–Crippen MR) is 73.3 cm³/mol. The number of hydrogen-bond donors (Lipinski definition) is 0. The van der Waals surface area contributed by atoms with Gasteiger partial charge >= 0.3 is 5.69 Å². The van der Waals surface area contributed by atoms with Gasteiger partial charge in [-0.3, -0.25) is 13.9 Å². The summed E-state index contributed by atoms with van der Waals surface area (Å²) in [6, 6.07) is 2.19. The van der Waals surface area contributed by atoms with Crippen LogP contribution < -0.4 is 5.69 Å². The van der Waals surface area contributed by atoms with Crippen LogP contribution in [0.5, 0.6) is 0 Å². The van der Waals surface area contributed by atoms with Crippen molar-refractivity contribution in [1.82, 2.24) is 9.13 Å². The van der Waals surface area contributed by atoms with Gasteiger partial charge in [0.15, 0.2) is 5.78 Å². The van der Waals surface area contributed by atoms with Gasteiger partial charge in [-0.25, -0.2) is 4.79 Å². The summed E-state index contributed by atoms with van der Waals surface area (Å²) in [5.74, 6) is -0.0347. The molecule has 0 N–H and O–H groups in total. The summed E-state index contributed by atoms with van der Waals surface area (Å²) in [6.07, 6.45) is 5.60. The van der Waals surface area contributed by atoms with Crippen molar-refractivity contribution in [2.24, 2.45) is 0 Å². The zero-order valence-electron chi connectivity index (χ0n) is 9.51. The summed E-state index contributed by atoms with van der Waals surface area (Å²) in [6.45, 7) is 0.109. The van der Waals surface area contributed by atoms with E-state index in [1.165, 1.54) is 15.9 Å². The van der Waals surface area contributed by atoms with Gasteiger partial charge in [0.25, 0.3) is 0 Å². The molecule has 2 aromatic heterocycles. The molecular weight excluding hydrogens is 316 g/mol. The van der Waals surface area contributed by atoms with Gasteiger partial charge in [0, 0.05) is 22.9 Å². The van der Waals surface area contributed by atoms with Gasteiger partial charge in [-0.2, -0.15) is 0 Å². The molecule has 0 amide bonds. The molecule has 4 nitrogen and oxygen atoms in total. The Morgan fingerprint density at radius 2 is 2.22 bits per heavy atom. The molecule has 0 spiro atoms. The summed E-state index contributed by atoms with van der Waals surface area (Å²) < 4.78 is 4.00. The summed E-state index contributed by atoms with van der Waals surface area (Å²) >= 11 is 4.72. The maximum Gasteiger partial charge on any atom is 0.328 e. The molecule has 6 heteroatoms. The number of hydrogen-bond acceptors (Lipinski definition) is 3. The number of Topliss-reactive ketones (excluding diaryl/α,β-unsaturated/α-hetero) is 1. The fraction of sp³-hybridized carbons (Fsp3) is 0.333. The number of thiophene rings is 1. The molecule has 1 saturated carbocycles. The first-order valence-corrected chi connectivity index (χ1v) is 7.37. The number of imidazole rings is 1. The smallest absolute Gasteiger partial charge is 0.296 e. The Balaban J connectivity index is 1.83. The molecule has 0 atom stereocenters. The van der Waals surface area contributed by atoms with E-state index < -0.39 is 0 Å². The first-order valence-electron chi connectivity index (χ1n) is 5.70. The highest BCUT2D eigenvalue weighted by atomic mass is 79.9. The van der Waals surface area contributed by atoms with Gasteiger partial charge in [0.1, 0.15) is 0 Å². The van der Waals surface area contributed by atoms with Crippen LogP contribution in [0.4, 0.5) is 0 Å². The van der Waals surface area contributed by atoms with E-state index in [2.05, 4.69) is 15.9 Å². The van der Waals surface area contributed by atoms with Crippen LogP contribution >= 0.6 is 27.3 Å². The highest BCUT2D eigenvalue weighted by Crippen LogP contribution is 2.33. The van der Waals surface area contributed by atoms with Crippen LogP contribution in [0.15, 0.2) is 33.1 Å². The first kappa shape index (κ1) is 11.9. The van der Waals surface area contributed by atoms with E-state index in [0.29, 0.717) is 10.9 Å². The quantitative estimate of drug-likeness (QED) is 0.811. The van der Waals surface area contributed by atoms with Crippen LogP contribution in [0.2, 0.25) is 0 Å². The number of carbonyl (C=O) groups is 1. The van der Waals surface area contributed by atoms with Crippen molar-refractivity contribution in [3.63, 3.8) is 0 Å². The van der Waals surface area contributed by atoms with Crippen LogP contribution in [0, 0.1) is 0 Å². The highest BCUT2D eigenvalue weighted by Gasteiger charge is 2.26. The molecule has 3 rings (SSSR count). The molecule has 94 valence electrons. The number of ketones is 1. The van der Waals surface area contributed by atoms with Gasteiger partial charge in [0.2, 0.25) is 0 Å². The minimum atomic E-state index is -0.0847. The Labute approximate surface area is 116 Å². The average Bonchev–Trinajstić information content (AvgIpc) is 3.00. The number of nitrogens with zero attached hydrogens (tertiary/aromatic N) is 2. The monoisotopic (exact) mass is 326 g/mol. The largest absolute Gasteiger partial charge is 0.328 e. The summed E-state index contributed by atoms with van der Waals surface area (Å²) in [5, 5.41) is 1.86. The number of carbonyl (C=O) groups excluding carboxylic acids is 1. The van der Waals surface area contributed by atoms with Crippen molar-refractivity contribution in [3.05, 3.63) is 43.7 Å². The van der Waals surface area contributed by atoms with E-state index in [0.717, 1.165) is 17.3 Å². The minimum absolute atomic E-state index is 0.0347. The number of aromatic nitrogens is 2. The third-order valence-corrected chi connectivity index (χ3v) is 4.88. The molecule has 1 aliphatic rings. The maximum absolute atomic E-state index is 12.1. The molecule has 0 aromatic carbocycles. The Morgan fingerprint density at radius 3 is 2.83 bits per heavy atom. The predicted octanol–water partition coefficient (Wildman–Crippen LogP) is 2.69. The summed E-state index contributed by atoms with van der Waals surface area (Å²) in [5.41, 5.74) is -0.0847. The van der Waals surface area contributed by atoms with Gasteiger partial charge < -0.3 is 0 Å². The molecule has 0 unspecified atom stereocenters. The standard InChI is InChI=1S/C12H11BrN2O2S/c13-9-3-6-18-11(9)10(16)7-14-4-5-15(12(14)17)8-1-2-8/h3-6,8H,1-2,7H2. The summed E-state index contributed by atoms with van der Waals surface area (Å²) in [7, 11) is 0. The fourth-order valence-corrected chi connectivity index (χ4v) is 3.42. The Hall–Kier alpha value is -1.14. The fourth-order valence-electron chi connectivity index (χ4n) is 1.90. The molecule has 0 bridgehead atoms. The van der Waals surface area contributed by atoms with Crippen molar-refractivity contribution in [2.75, 3.05) is 0 Å². The Kier molecular flexibility index (Phi) is 2.99. The second kappa shape index (κ2) is 4.51. The Bertz CT molecular complexity index is 651. The normalized spacial score (nSPS) is 14.9. The van der Waals surface area contributed by atoms with E-state index in [-0.39, 0.29) is 18.0 Å². The third-order valence-electron chi connectivity index (χ3n) is 3.00. The van der Waals surface area contributed by atoms with Crippen molar-refractivity contribution in [1.29, 1.82) is 0 Å². The lowest BCUT2D eigenvalue weighted by molar-refractivity contribution is 0.0974. The first-order chi connectivity index (χ1) is 8.66. The summed E-state index contributed by atoms with van der Waals surface area (Å²) in [4.78, 5) is 24.7. The second-order valence-corrected chi connectivity index (χ2v) is 6.14. The molecule has 18 heavy (non-hydrogen) atoms. The average molecular weight is 327 g/mol. The zero-order valence-corrected chi connectivity index (χ0v) is 11.9. The van der Waals surface area contributed by atoms with Crippen molar-refractivity contribution in [2.45, 2.75) is 25.4 Å². The molecular formula is C12H11BrN2O2S. The Morgan fingerprint density at radius 1 is 1.44 bits per heavy atom. The van der Waals surface area contributed by atoms with Gasteiger partial charge in [-0.1, -0.05) is 0 Å². The molecule has 1 fully saturated rings. The van der Waals surface area contributed by atoms with E-state index in [9.17, 15) is 9.59 Å². The highest BCUT2D eigenvalue weighted by molar-refractivity contribution is 9.10. The van der Waals surface area contributed by atoms with E-state index in [1.807, 2.05) is 11.4 Å². The van der Waals surface area contributed by atoms with Crippen molar-refractivity contribution >= 4 is 33.0 Å². The van der Waals surface area contributed by atoms with Gasteiger partial charge in [-0.05, 0) is 40.2 Å². The van der Waals surface area contributed by atoms with E-state index in [1.54, 1.807) is 17.0 Å². The van der Waals surface area contributed by atoms with Gasteiger partial charge in [0.05, 0.1) is 11.4 Å². The molecule has 1 aliphatic carbocycles. The van der Waals surface area contributed by atoms with E-state index >= 15 is 0 Å². The zero-order chi connectivity index (χ0) is 12.7.